The molecule has 0 aromatic heterocycles. The van der Waals surface area contributed by atoms with Crippen molar-refractivity contribution in [2.24, 2.45) is 0 Å². The number of benzene rings is 1. The number of nitrogens with one attached hydrogen (secondary N) is 1. The first-order chi connectivity index (χ1) is 8.27. The summed E-state index contributed by atoms with van der Waals surface area (Å²) >= 11 is 0. The summed E-state index contributed by atoms with van der Waals surface area (Å²) in [5.74, 6) is 0. The second kappa shape index (κ2) is 6.18. The molecule has 2 heteroatoms. The van der Waals surface area contributed by atoms with Crippen LogP contribution in [0.3, 0.4) is 0 Å². The number of piperazine rings is 1. The van der Waals surface area contributed by atoms with Gasteiger partial charge in [-0.2, -0.15) is 0 Å². The molecule has 2 unspecified atom stereocenters. The maximum Gasteiger partial charge on any atom is 0.0218 e. The van der Waals surface area contributed by atoms with Gasteiger partial charge in [0.15, 0.2) is 0 Å². The quantitative estimate of drug-likeness (QED) is 0.857. The van der Waals surface area contributed by atoms with Crippen molar-refractivity contribution in [1.29, 1.82) is 0 Å². The van der Waals surface area contributed by atoms with Gasteiger partial charge in [-0.25, -0.2) is 0 Å². The van der Waals surface area contributed by atoms with Crippen LogP contribution >= 0.6 is 0 Å². The summed E-state index contributed by atoms with van der Waals surface area (Å²) in [7, 11) is 0. The second-order valence-electron chi connectivity index (χ2n) is 5.11. The van der Waals surface area contributed by atoms with Gasteiger partial charge in [-0.1, -0.05) is 30.3 Å². The Labute approximate surface area is 105 Å². The van der Waals surface area contributed by atoms with Crippen molar-refractivity contribution in [3.8, 4) is 0 Å². The number of aryl methyl sites for hydroxylation is 1. The Kier molecular flexibility index (Phi) is 4.57. The summed E-state index contributed by atoms with van der Waals surface area (Å²) in [5.41, 5.74) is 1.46. The number of hydrogen-bond donors (Lipinski definition) is 1. The lowest BCUT2D eigenvalue weighted by molar-refractivity contribution is 0.137. The highest BCUT2D eigenvalue weighted by Crippen LogP contribution is 2.10. The van der Waals surface area contributed by atoms with Gasteiger partial charge in [-0.15, -0.1) is 0 Å². The number of nitrogens with zero attached hydrogens (tertiary/aromatic N) is 1. The summed E-state index contributed by atoms with van der Waals surface area (Å²) in [6.07, 6.45) is 2.47. The first-order valence-corrected chi connectivity index (χ1v) is 6.79. The average Bonchev–Trinajstić information content (AvgIpc) is 2.36. The molecule has 2 rings (SSSR count). The van der Waals surface area contributed by atoms with Crippen molar-refractivity contribution in [2.45, 2.75) is 38.8 Å². The van der Waals surface area contributed by atoms with E-state index in [2.05, 4.69) is 54.4 Å². The molecule has 2 nitrogen and oxygen atoms in total. The van der Waals surface area contributed by atoms with E-state index in [0.717, 1.165) is 6.54 Å². The molecule has 1 aromatic carbocycles. The summed E-state index contributed by atoms with van der Waals surface area (Å²) in [6.45, 7) is 8.17. The third kappa shape index (κ3) is 3.55. The largest absolute Gasteiger partial charge is 0.311 e. The van der Waals surface area contributed by atoms with Crippen molar-refractivity contribution in [3.05, 3.63) is 35.9 Å². The van der Waals surface area contributed by atoms with Crippen LogP contribution in [0.5, 0.6) is 0 Å². The molecule has 1 aliphatic heterocycles. The molecule has 0 aliphatic carbocycles. The van der Waals surface area contributed by atoms with Crippen molar-refractivity contribution in [2.75, 3.05) is 19.6 Å². The molecule has 0 amide bonds. The molecule has 17 heavy (non-hydrogen) atoms. The average molecular weight is 232 g/mol. The van der Waals surface area contributed by atoms with Crippen LogP contribution in [0.2, 0.25) is 0 Å². The van der Waals surface area contributed by atoms with Crippen LogP contribution in [0.1, 0.15) is 25.8 Å². The van der Waals surface area contributed by atoms with Gasteiger partial charge in [0.2, 0.25) is 0 Å². The fraction of sp³-hybridized carbons (Fsp3) is 0.600. The Morgan fingerprint density at radius 1 is 1.24 bits per heavy atom. The molecule has 1 fully saturated rings. The number of rotatable bonds is 4. The predicted molar refractivity (Wildman–Crippen MR) is 73.3 cm³/mol. The molecular weight excluding hydrogens is 208 g/mol. The Morgan fingerprint density at radius 2 is 2.00 bits per heavy atom. The molecule has 1 N–H and O–H groups in total. The maximum absolute atomic E-state index is 3.53. The lowest BCUT2D eigenvalue weighted by Gasteiger charge is -2.38. The van der Waals surface area contributed by atoms with Crippen LogP contribution in [0.4, 0.5) is 0 Å². The van der Waals surface area contributed by atoms with Crippen LogP contribution in [-0.4, -0.2) is 36.6 Å². The molecule has 94 valence electrons. The van der Waals surface area contributed by atoms with Crippen molar-refractivity contribution in [3.63, 3.8) is 0 Å². The highest BCUT2D eigenvalue weighted by atomic mass is 15.2. The highest BCUT2D eigenvalue weighted by molar-refractivity contribution is 5.14. The fourth-order valence-electron chi connectivity index (χ4n) is 2.57. The van der Waals surface area contributed by atoms with E-state index in [9.17, 15) is 0 Å². The zero-order valence-corrected chi connectivity index (χ0v) is 11.0. The Hall–Kier alpha value is -0.860. The van der Waals surface area contributed by atoms with Gasteiger partial charge in [0, 0.05) is 25.2 Å². The van der Waals surface area contributed by atoms with Gasteiger partial charge in [0.1, 0.15) is 0 Å². The van der Waals surface area contributed by atoms with E-state index < -0.39 is 0 Å². The van der Waals surface area contributed by atoms with Crippen molar-refractivity contribution in [1.82, 2.24) is 10.2 Å². The van der Waals surface area contributed by atoms with E-state index >= 15 is 0 Å². The summed E-state index contributed by atoms with van der Waals surface area (Å²) in [6, 6.07) is 12.1. The minimum atomic E-state index is 0.625. The third-order valence-electron chi connectivity index (χ3n) is 3.92. The molecule has 1 aliphatic rings. The minimum absolute atomic E-state index is 0.625. The smallest absolute Gasteiger partial charge is 0.0218 e. The summed E-state index contributed by atoms with van der Waals surface area (Å²) in [5, 5.41) is 3.53. The highest BCUT2D eigenvalue weighted by Gasteiger charge is 2.23. The molecule has 0 radical (unpaired) electrons. The van der Waals surface area contributed by atoms with E-state index in [1.54, 1.807) is 0 Å². The zero-order chi connectivity index (χ0) is 12.1. The molecule has 2 atom stereocenters. The third-order valence-corrected chi connectivity index (χ3v) is 3.92. The maximum atomic E-state index is 3.53. The van der Waals surface area contributed by atoms with Crippen LogP contribution in [0, 0.1) is 0 Å². The molecule has 1 heterocycles. The van der Waals surface area contributed by atoms with Crippen LogP contribution in [-0.2, 0) is 6.42 Å². The van der Waals surface area contributed by atoms with Crippen molar-refractivity contribution < 1.29 is 0 Å². The molecule has 0 bridgehead atoms. The minimum Gasteiger partial charge on any atom is -0.311 e. The van der Waals surface area contributed by atoms with Gasteiger partial charge in [0.25, 0.3) is 0 Å². The van der Waals surface area contributed by atoms with Gasteiger partial charge in [0.05, 0.1) is 0 Å². The Bertz CT molecular complexity index is 323. The fourth-order valence-corrected chi connectivity index (χ4v) is 2.57. The van der Waals surface area contributed by atoms with E-state index in [1.165, 1.54) is 31.5 Å². The van der Waals surface area contributed by atoms with E-state index in [0.29, 0.717) is 12.1 Å². The van der Waals surface area contributed by atoms with Gasteiger partial charge >= 0.3 is 0 Å². The van der Waals surface area contributed by atoms with Gasteiger partial charge in [-0.05, 0) is 38.8 Å². The number of hydrogen-bond acceptors (Lipinski definition) is 2. The molecule has 0 spiro atoms. The van der Waals surface area contributed by atoms with E-state index in [1.807, 2.05) is 0 Å². The van der Waals surface area contributed by atoms with E-state index in [-0.39, 0.29) is 0 Å². The monoisotopic (exact) mass is 232 g/mol. The zero-order valence-electron chi connectivity index (χ0n) is 11.0. The molecule has 1 aromatic rings. The Morgan fingerprint density at radius 3 is 2.76 bits per heavy atom. The lowest BCUT2D eigenvalue weighted by atomic mass is 10.1. The molecule has 1 saturated heterocycles. The van der Waals surface area contributed by atoms with Gasteiger partial charge in [-0.3, -0.25) is 4.90 Å². The van der Waals surface area contributed by atoms with Crippen LogP contribution in [0.15, 0.2) is 30.3 Å². The first kappa shape index (κ1) is 12.6. The Balaban J connectivity index is 1.75. The van der Waals surface area contributed by atoms with Crippen LogP contribution < -0.4 is 5.32 Å². The summed E-state index contributed by atoms with van der Waals surface area (Å²) in [4.78, 5) is 2.62. The lowest BCUT2D eigenvalue weighted by Crippen LogP contribution is -2.55. The molecule has 0 saturated carbocycles. The van der Waals surface area contributed by atoms with Gasteiger partial charge < -0.3 is 5.32 Å². The predicted octanol–water partition coefficient (Wildman–Crippen LogP) is 2.30. The SMILES string of the molecule is CC1NCCN(CCCc2ccccc2)C1C. The topological polar surface area (TPSA) is 15.3 Å². The normalized spacial score (nSPS) is 26.0. The van der Waals surface area contributed by atoms with Crippen LogP contribution in [0.25, 0.3) is 0 Å². The standard InChI is InChI=1S/C15H24N2/c1-13-14(2)17(12-10-16-13)11-6-9-15-7-4-3-5-8-15/h3-5,7-8,13-14,16H,6,9-12H2,1-2H3. The molecular formula is C15H24N2. The first-order valence-electron chi connectivity index (χ1n) is 6.79. The van der Waals surface area contributed by atoms with Crippen molar-refractivity contribution >= 4 is 0 Å². The second-order valence-corrected chi connectivity index (χ2v) is 5.11. The van der Waals surface area contributed by atoms with E-state index in [4.69, 9.17) is 0 Å². The summed E-state index contributed by atoms with van der Waals surface area (Å²) < 4.78 is 0.